The first-order valence-corrected chi connectivity index (χ1v) is 7.64. The Labute approximate surface area is 130 Å². The van der Waals surface area contributed by atoms with E-state index in [9.17, 15) is 4.39 Å². The lowest BCUT2D eigenvalue weighted by molar-refractivity contribution is 0.265. The Balaban J connectivity index is 1.97. The van der Waals surface area contributed by atoms with Crippen molar-refractivity contribution >= 4 is 17.3 Å². The summed E-state index contributed by atoms with van der Waals surface area (Å²) in [7, 11) is 0. The van der Waals surface area contributed by atoms with Crippen molar-refractivity contribution in [2.75, 3.05) is 5.32 Å². The van der Waals surface area contributed by atoms with Gasteiger partial charge in [0.2, 0.25) is 0 Å². The van der Waals surface area contributed by atoms with Crippen LogP contribution in [0, 0.1) is 11.2 Å². The van der Waals surface area contributed by atoms with E-state index < -0.39 is 0 Å². The summed E-state index contributed by atoms with van der Waals surface area (Å²) in [5.41, 5.74) is 3.71. The summed E-state index contributed by atoms with van der Waals surface area (Å²) in [6, 6.07) is 13.5. The normalized spacial score (nSPS) is 19.9. The summed E-state index contributed by atoms with van der Waals surface area (Å²) in [6.07, 6.45) is 2.22. The van der Waals surface area contributed by atoms with Gasteiger partial charge < -0.3 is 5.32 Å². The molecule has 2 aromatic rings. The Morgan fingerprint density at radius 1 is 1.19 bits per heavy atom. The highest BCUT2D eigenvalue weighted by atomic mass is 35.5. The standard InChI is InChI=1S/C18H19ClFN/c1-18(2)10-9-12-5-3-4-6-14(12)17(18)21-13-7-8-16(20)15(19)11-13/h3-8,11,17,21H,9-10H2,1-2H3. The Hall–Kier alpha value is -1.54. The molecule has 0 aromatic heterocycles. The van der Waals surface area contributed by atoms with Crippen molar-refractivity contribution in [2.24, 2.45) is 5.41 Å². The molecule has 0 saturated heterocycles. The number of hydrogen-bond acceptors (Lipinski definition) is 1. The number of halogens is 2. The number of benzene rings is 2. The highest BCUT2D eigenvalue weighted by molar-refractivity contribution is 6.31. The zero-order valence-corrected chi connectivity index (χ0v) is 13.0. The first kappa shape index (κ1) is 14.4. The van der Waals surface area contributed by atoms with Crippen LogP contribution in [0.2, 0.25) is 5.02 Å². The molecule has 0 saturated carbocycles. The second-order valence-corrected chi connectivity index (χ2v) is 6.80. The van der Waals surface area contributed by atoms with E-state index in [0.29, 0.717) is 0 Å². The van der Waals surface area contributed by atoms with Gasteiger partial charge in [0, 0.05) is 5.69 Å². The molecule has 110 valence electrons. The van der Waals surface area contributed by atoms with E-state index in [1.165, 1.54) is 17.2 Å². The summed E-state index contributed by atoms with van der Waals surface area (Å²) in [5, 5.41) is 3.70. The Kier molecular flexibility index (Phi) is 3.66. The Bertz CT molecular complexity index is 666. The number of hydrogen-bond donors (Lipinski definition) is 1. The van der Waals surface area contributed by atoms with Crippen LogP contribution < -0.4 is 5.32 Å². The Morgan fingerprint density at radius 2 is 1.95 bits per heavy atom. The maximum Gasteiger partial charge on any atom is 0.141 e. The van der Waals surface area contributed by atoms with Crippen molar-refractivity contribution in [2.45, 2.75) is 32.7 Å². The van der Waals surface area contributed by atoms with Crippen LogP contribution in [0.3, 0.4) is 0 Å². The molecule has 0 radical (unpaired) electrons. The van der Waals surface area contributed by atoms with Crippen molar-refractivity contribution in [3.05, 3.63) is 64.4 Å². The van der Waals surface area contributed by atoms with Gasteiger partial charge in [-0.25, -0.2) is 4.39 Å². The lowest BCUT2D eigenvalue weighted by atomic mass is 9.70. The molecule has 1 aliphatic rings. The zero-order valence-electron chi connectivity index (χ0n) is 12.3. The SMILES string of the molecule is CC1(C)CCc2ccccc2C1Nc1ccc(F)c(Cl)c1. The molecule has 0 fully saturated rings. The van der Waals surface area contributed by atoms with Crippen molar-refractivity contribution in [3.63, 3.8) is 0 Å². The van der Waals surface area contributed by atoms with E-state index in [0.717, 1.165) is 18.5 Å². The average Bonchev–Trinajstić information content (AvgIpc) is 2.46. The molecule has 2 aromatic carbocycles. The molecule has 0 amide bonds. The van der Waals surface area contributed by atoms with Gasteiger partial charge in [-0.15, -0.1) is 0 Å². The van der Waals surface area contributed by atoms with Crippen LogP contribution in [-0.4, -0.2) is 0 Å². The minimum absolute atomic E-state index is 0.134. The first-order chi connectivity index (χ1) is 9.97. The summed E-state index contributed by atoms with van der Waals surface area (Å²) >= 11 is 5.89. The molecule has 3 rings (SSSR count). The van der Waals surface area contributed by atoms with Gasteiger partial charge in [-0.1, -0.05) is 49.7 Å². The predicted molar refractivity (Wildman–Crippen MR) is 86.3 cm³/mol. The van der Waals surface area contributed by atoms with Gasteiger partial charge in [0.25, 0.3) is 0 Å². The molecular formula is C18H19ClFN. The maximum absolute atomic E-state index is 13.3. The van der Waals surface area contributed by atoms with Gasteiger partial charge in [0.1, 0.15) is 5.82 Å². The van der Waals surface area contributed by atoms with Crippen molar-refractivity contribution in [3.8, 4) is 0 Å². The van der Waals surface area contributed by atoms with Crippen LogP contribution in [-0.2, 0) is 6.42 Å². The molecule has 1 nitrogen and oxygen atoms in total. The number of nitrogens with one attached hydrogen (secondary N) is 1. The third kappa shape index (κ3) is 2.77. The first-order valence-electron chi connectivity index (χ1n) is 7.27. The molecule has 3 heteroatoms. The predicted octanol–water partition coefficient (Wildman–Crippen LogP) is 5.60. The van der Waals surface area contributed by atoms with E-state index >= 15 is 0 Å². The molecule has 1 aliphatic carbocycles. The topological polar surface area (TPSA) is 12.0 Å². The van der Waals surface area contributed by atoms with Gasteiger partial charge in [-0.2, -0.15) is 0 Å². The zero-order chi connectivity index (χ0) is 15.0. The van der Waals surface area contributed by atoms with Crippen molar-refractivity contribution < 1.29 is 4.39 Å². The maximum atomic E-state index is 13.3. The minimum atomic E-state index is -0.384. The third-order valence-corrected chi connectivity index (χ3v) is 4.71. The molecule has 21 heavy (non-hydrogen) atoms. The molecule has 0 bridgehead atoms. The number of rotatable bonds is 2. The van der Waals surface area contributed by atoms with Crippen molar-refractivity contribution in [1.82, 2.24) is 0 Å². The molecule has 1 unspecified atom stereocenters. The second kappa shape index (κ2) is 5.34. The van der Waals surface area contributed by atoms with Gasteiger partial charge in [-0.3, -0.25) is 0 Å². The average molecular weight is 304 g/mol. The van der Waals surface area contributed by atoms with Gasteiger partial charge in [0.05, 0.1) is 11.1 Å². The van der Waals surface area contributed by atoms with Crippen LogP contribution in [0.15, 0.2) is 42.5 Å². The summed E-state index contributed by atoms with van der Waals surface area (Å²) in [6.45, 7) is 4.54. The fourth-order valence-electron chi connectivity index (χ4n) is 3.09. The number of fused-ring (bicyclic) bond motifs is 1. The van der Waals surface area contributed by atoms with Crippen molar-refractivity contribution in [1.29, 1.82) is 0 Å². The monoisotopic (exact) mass is 303 g/mol. The fraction of sp³-hybridized carbons (Fsp3) is 0.333. The van der Waals surface area contributed by atoms with Crippen LogP contribution in [0.1, 0.15) is 37.4 Å². The van der Waals surface area contributed by atoms with Crippen LogP contribution >= 0.6 is 11.6 Å². The molecule has 0 spiro atoms. The largest absolute Gasteiger partial charge is 0.378 e. The van der Waals surface area contributed by atoms with E-state index in [1.807, 2.05) is 0 Å². The lowest BCUT2D eigenvalue weighted by Gasteiger charge is -2.41. The van der Waals surface area contributed by atoms with Crippen LogP contribution in [0.25, 0.3) is 0 Å². The van der Waals surface area contributed by atoms with E-state index in [1.54, 1.807) is 12.1 Å². The highest BCUT2D eigenvalue weighted by Gasteiger charge is 2.35. The highest BCUT2D eigenvalue weighted by Crippen LogP contribution is 2.45. The summed E-state index contributed by atoms with van der Waals surface area (Å²) < 4.78 is 13.3. The van der Waals surface area contributed by atoms with Crippen LogP contribution in [0.5, 0.6) is 0 Å². The number of aryl methyl sites for hydroxylation is 1. The van der Waals surface area contributed by atoms with Crippen LogP contribution in [0.4, 0.5) is 10.1 Å². The molecular weight excluding hydrogens is 285 g/mol. The van der Waals surface area contributed by atoms with E-state index in [4.69, 9.17) is 11.6 Å². The van der Waals surface area contributed by atoms with Gasteiger partial charge in [-0.05, 0) is 47.6 Å². The fourth-order valence-corrected chi connectivity index (χ4v) is 3.27. The Morgan fingerprint density at radius 3 is 2.71 bits per heavy atom. The molecule has 0 aliphatic heterocycles. The number of anilines is 1. The lowest BCUT2D eigenvalue weighted by Crippen LogP contribution is -2.33. The minimum Gasteiger partial charge on any atom is -0.378 e. The van der Waals surface area contributed by atoms with E-state index in [2.05, 4.69) is 43.4 Å². The molecule has 1 atom stereocenters. The summed E-state index contributed by atoms with van der Waals surface area (Å²) in [4.78, 5) is 0. The van der Waals surface area contributed by atoms with Gasteiger partial charge >= 0.3 is 0 Å². The third-order valence-electron chi connectivity index (χ3n) is 4.42. The molecule has 1 N–H and O–H groups in total. The quantitative estimate of drug-likeness (QED) is 0.761. The smallest absolute Gasteiger partial charge is 0.141 e. The molecule has 0 heterocycles. The van der Waals surface area contributed by atoms with Gasteiger partial charge in [0.15, 0.2) is 0 Å². The summed E-state index contributed by atoms with van der Waals surface area (Å²) in [5.74, 6) is -0.384. The second-order valence-electron chi connectivity index (χ2n) is 6.39. The van der Waals surface area contributed by atoms with E-state index in [-0.39, 0.29) is 22.3 Å².